The standard InChI is InChI=1S/C13H21N3O4/c1-8-10(9(2)20-16-8)6-7-11(17)14-15-12(18)19-13(3,4)5/h6-7H2,1-5H3,(H,14,17)(H,15,18). The number of nitrogens with one attached hydrogen (secondary N) is 2. The molecule has 0 fully saturated rings. The lowest BCUT2D eigenvalue weighted by atomic mass is 10.1. The minimum absolute atomic E-state index is 0.221. The number of aryl methyl sites for hydroxylation is 2. The van der Waals surface area contributed by atoms with Crippen molar-refractivity contribution in [2.24, 2.45) is 0 Å². The van der Waals surface area contributed by atoms with Crippen LogP contribution in [0.3, 0.4) is 0 Å². The summed E-state index contributed by atoms with van der Waals surface area (Å²) >= 11 is 0. The van der Waals surface area contributed by atoms with Gasteiger partial charge < -0.3 is 9.26 Å². The first-order chi connectivity index (χ1) is 9.19. The molecule has 0 aliphatic heterocycles. The van der Waals surface area contributed by atoms with E-state index in [0.717, 1.165) is 11.3 Å². The molecule has 1 aromatic rings. The molecule has 0 aliphatic carbocycles. The Morgan fingerprint density at radius 2 is 1.90 bits per heavy atom. The van der Waals surface area contributed by atoms with E-state index in [2.05, 4.69) is 16.0 Å². The van der Waals surface area contributed by atoms with Gasteiger partial charge in [0.1, 0.15) is 11.4 Å². The molecule has 0 atom stereocenters. The fourth-order valence-electron chi connectivity index (χ4n) is 1.58. The van der Waals surface area contributed by atoms with Crippen molar-refractivity contribution in [2.75, 3.05) is 0 Å². The average molecular weight is 283 g/mol. The lowest BCUT2D eigenvalue weighted by Crippen LogP contribution is -2.44. The van der Waals surface area contributed by atoms with Crippen LogP contribution in [0.4, 0.5) is 4.79 Å². The van der Waals surface area contributed by atoms with Gasteiger partial charge in [-0.05, 0) is 41.0 Å². The third-order valence-electron chi connectivity index (χ3n) is 2.49. The van der Waals surface area contributed by atoms with E-state index in [1.54, 1.807) is 27.7 Å². The third-order valence-corrected chi connectivity index (χ3v) is 2.49. The van der Waals surface area contributed by atoms with E-state index in [-0.39, 0.29) is 12.3 Å². The first-order valence-corrected chi connectivity index (χ1v) is 6.38. The number of carbonyl (C=O) groups is 2. The molecule has 0 aromatic carbocycles. The lowest BCUT2D eigenvalue weighted by molar-refractivity contribution is -0.122. The summed E-state index contributed by atoms with van der Waals surface area (Å²) in [5, 5.41) is 3.81. The van der Waals surface area contributed by atoms with Crippen LogP contribution >= 0.6 is 0 Å². The smallest absolute Gasteiger partial charge is 0.426 e. The van der Waals surface area contributed by atoms with Crippen LogP contribution in [0.25, 0.3) is 0 Å². The molecule has 0 aliphatic rings. The van der Waals surface area contributed by atoms with Gasteiger partial charge in [0.05, 0.1) is 5.69 Å². The van der Waals surface area contributed by atoms with E-state index in [9.17, 15) is 9.59 Å². The van der Waals surface area contributed by atoms with E-state index in [0.29, 0.717) is 12.2 Å². The number of amides is 2. The number of rotatable bonds is 3. The predicted molar refractivity (Wildman–Crippen MR) is 71.8 cm³/mol. The zero-order valence-corrected chi connectivity index (χ0v) is 12.5. The van der Waals surface area contributed by atoms with Gasteiger partial charge in [-0.2, -0.15) is 0 Å². The molecule has 0 saturated carbocycles. The third kappa shape index (κ3) is 5.29. The number of carbonyl (C=O) groups excluding carboxylic acids is 2. The van der Waals surface area contributed by atoms with Gasteiger partial charge in [0.2, 0.25) is 5.91 Å². The van der Waals surface area contributed by atoms with Gasteiger partial charge in [-0.15, -0.1) is 0 Å². The topological polar surface area (TPSA) is 93.5 Å². The van der Waals surface area contributed by atoms with Crippen molar-refractivity contribution in [2.45, 2.75) is 53.1 Å². The van der Waals surface area contributed by atoms with Crippen LogP contribution in [0.5, 0.6) is 0 Å². The summed E-state index contributed by atoms with van der Waals surface area (Å²) in [6.45, 7) is 8.85. The van der Waals surface area contributed by atoms with Crippen molar-refractivity contribution in [1.82, 2.24) is 16.0 Å². The van der Waals surface area contributed by atoms with Crippen molar-refractivity contribution in [3.05, 3.63) is 17.0 Å². The molecule has 1 heterocycles. The number of hydrazine groups is 1. The van der Waals surface area contributed by atoms with Crippen LogP contribution in [0.2, 0.25) is 0 Å². The Kier molecular flexibility index (Phi) is 5.12. The summed E-state index contributed by atoms with van der Waals surface area (Å²) in [7, 11) is 0. The maximum Gasteiger partial charge on any atom is 0.426 e. The molecule has 2 N–H and O–H groups in total. The second kappa shape index (κ2) is 6.40. The molecule has 2 amide bonds. The van der Waals surface area contributed by atoms with E-state index in [4.69, 9.17) is 9.26 Å². The molecular weight excluding hydrogens is 262 g/mol. The Morgan fingerprint density at radius 3 is 2.40 bits per heavy atom. The highest BCUT2D eigenvalue weighted by molar-refractivity contribution is 5.79. The maximum absolute atomic E-state index is 11.6. The Labute approximate surface area is 118 Å². The highest BCUT2D eigenvalue weighted by atomic mass is 16.6. The average Bonchev–Trinajstić information content (AvgIpc) is 2.62. The number of hydrogen-bond acceptors (Lipinski definition) is 5. The number of hydrogen-bond donors (Lipinski definition) is 2. The van der Waals surface area contributed by atoms with Crippen LogP contribution in [-0.2, 0) is 16.0 Å². The molecule has 0 radical (unpaired) electrons. The van der Waals surface area contributed by atoms with Crippen molar-refractivity contribution in [1.29, 1.82) is 0 Å². The number of nitrogens with zero attached hydrogens (tertiary/aromatic N) is 1. The summed E-state index contributed by atoms with van der Waals surface area (Å²) < 4.78 is 10.00. The SMILES string of the molecule is Cc1noc(C)c1CCC(=O)NNC(=O)OC(C)(C)C. The summed E-state index contributed by atoms with van der Waals surface area (Å²) in [4.78, 5) is 22.9. The highest BCUT2D eigenvalue weighted by Gasteiger charge is 2.16. The number of aromatic nitrogens is 1. The highest BCUT2D eigenvalue weighted by Crippen LogP contribution is 2.14. The van der Waals surface area contributed by atoms with Crippen LogP contribution in [0.1, 0.15) is 44.2 Å². The van der Waals surface area contributed by atoms with Crippen LogP contribution in [-0.4, -0.2) is 22.8 Å². The number of ether oxygens (including phenoxy) is 1. The molecule has 7 nitrogen and oxygen atoms in total. The molecule has 0 spiro atoms. The van der Waals surface area contributed by atoms with Crippen LogP contribution in [0.15, 0.2) is 4.52 Å². The van der Waals surface area contributed by atoms with Crippen LogP contribution < -0.4 is 10.9 Å². The maximum atomic E-state index is 11.6. The van der Waals surface area contributed by atoms with Crippen LogP contribution in [0, 0.1) is 13.8 Å². The minimum atomic E-state index is -0.691. The molecular formula is C13H21N3O4. The molecule has 20 heavy (non-hydrogen) atoms. The fourth-order valence-corrected chi connectivity index (χ4v) is 1.58. The normalized spacial score (nSPS) is 11.1. The van der Waals surface area contributed by atoms with E-state index in [1.807, 2.05) is 6.92 Å². The second-order valence-electron chi connectivity index (χ2n) is 5.48. The summed E-state index contributed by atoms with van der Waals surface area (Å²) in [6, 6.07) is 0. The molecule has 1 rings (SSSR count). The Balaban J connectivity index is 2.33. The zero-order chi connectivity index (χ0) is 15.3. The summed E-state index contributed by atoms with van der Waals surface area (Å²) in [5.41, 5.74) is 5.57. The molecule has 0 bridgehead atoms. The first-order valence-electron chi connectivity index (χ1n) is 6.38. The largest absolute Gasteiger partial charge is 0.443 e. The Bertz CT molecular complexity index is 469. The van der Waals surface area contributed by atoms with Gasteiger partial charge in [-0.1, -0.05) is 5.16 Å². The lowest BCUT2D eigenvalue weighted by Gasteiger charge is -2.19. The van der Waals surface area contributed by atoms with Crippen molar-refractivity contribution in [3.63, 3.8) is 0 Å². The predicted octanol–water partition coefficient (Wildman–Crippen LogP) is 1.78. The second-order valence-corrected chi connectivity index (χ2v) is 5.48. The molecule has 1 aromatic heterocycles. The van der Waals surface area contributed by atoms with Crippen molar-refractivity contribution < 1.29 is 18.8 Å². The van der Waals surface area contributed by atoms with Gasteiger partial charge in [0.15, 0.2) is 0 Å². The molecule has 112 valence electrons. The van der Waals surface area contributed by atoms with Gasteiger partial charge >= 0.3 is 6.09 Å². The summed E-state index contributed by atoms with van der Waals surface area (Å²) in [5.74, 6) is 0.395. The molecule has 7 heteroatoms. The van der Waals surface area contributed by atoms with Gasteiger partial charge in [-0.3, -0.25) is 10.2 Å². The van der Waals surface area contributed by atoms with Gasteiger partial charge in [0.25, 0.3) is 0 Å². The van der Waals surface area contributed by atoms with E-state index >= 15 is 0 Å². The summed E-state index contributed by atoms with van der Waals surface area (Å²) in [6.07, 6.45) is 0.0324. The molecule has 0 unspecified atom stereocenters. The first kappa shape index (κ1) is 16.0. The van der Waals surface area contributed by atoms with E-state index in [1.165, 1.54) is 0 Å². The van der Waals surface area contributed by atoms with Gasteiger partial charge in [-0.25, -0.2) is 10.2 Å². The van der Waals surface area contributed by atoms with Gasteiger partial charge in [0, 0.05) is 12.0 Å². The fraction of sp³-hybridized carbons (Fsp3) is 0.615. The van der Waals surface area contributed by atoms with E-state index < -0.39 is 11.7 Å². The minimum Gasteiger partial charge on any atom is -0.443 e. The van der Waals surface area contributed by atoms with Crippen molar-refractivity contribution >= 4 is 12.0 Å². The quantitative estimate of drug-likeness (QED) is 0.825. The zero-order valence-electron chi connectivity index (χ0n) is 12.5. The van der Waals surface area contributed by atoms with Crippen molar-refractivity contribution in [3.8, 4) is 0 Å². The monoisotopic (exact) mass is 283 g/mol. The Morgan fingerprint density at radius 1 is 1.25 bits per heavy atom. The Hall–Kier alpha value is -2.05. The molecule has 0 saturated heterocycles.